The third-order valence-corrected chi connectivity index (χ3v) is 5.00. The molecule has 1 aromatic carbocycles. The maximum absolute atomic E-state index is 12.2. The van der Waals surface area contributed by atoms with Crippen LogP contribution < -0.4 is 4.74 Å². The molecular formula is C20H30O3. The Kier molecular flexibility index (Phi) is 5.38. The zero-order valence-corrected chi connectivity index (χ0v) is 15.4. The number of ether oxygens (including phenoxy) is 2. The van der Waals surface area contributed by atoms with Gasteiger partial charge >= 0.3 is 5.97 Å². The van der Waals surface area contributed by atoms with Crippen LogP contribution in [-0.2, 0) is 11.2 Å². The van der Waals surface area contributed by atoms with Crippen molar-refractivity contribution in [2.75, 3.05) is 13.7 Å². The van der Waals surface area contributed by atoms with Gasteiger partial charge in [0.1, 0.15) is 11.3 Å². The van der Waals surface area contributed by atoms with Gasteiger partial charge in [0.05, 0.1) is 13.7 Å². The maximum atomic E-state index is 12.2. The van der Waals surface area contributed by atoms with Crippen LogP contribution >= 0.6 is 0 Å². The molecule has 1 aromatic rings. The molecule has 0 aromatic heterocycles. The number of carbonyl (C=O) groups is 1. The molecule has 3 heteroatoms. The van der Waals surface area contributed by atoms with Gasteiger partial charge in [-0.2, -0.15) is 0 Å². The highest BCUT2D eigenvalue weighted by molar-refractivity contribution is 5.93. The Labute approximate surface area is 140 Å². The number of rotatable bonds is 4. The van der Waals surface area contributed by atoms with Gasteiger partial charge in [0.2, 0.25) is 0 Å². The first-order valence-electron chi connectivity index (χ1n) is 8.71. The van der Waals surface area contributed by atoms with Crippen LogP contribution in [0.5, 0.6) is 5.75 Å². The van der Waals surface area contributed by atoms with Crippen molar-refractivity contribution in [2.24, 2.45) is 11.3 Å². The molecule has 0 saturated heterocycles. The first-order chi connectivity index (χ1) is 10.8. The highest BCUT2D eigenvalue weighted by Gasteiger charge is 2.37. The fourth-order valence-electron chi connectivity index (χ4n) is 4.06. The number of hydrogen-bond acceptors (Lipinski definition) is 3. The van der Waals surface area contributed by atoms with Gasteiger partial charge < -0.3 is 9.47 Å². The smallest absolute Gasteiger partial charge is 0.341 e. The second kappa shape index (κ2) is 6.94. The first kappa shape index (κ1) is 17.8. The molecule has 0 heterocycles. The number of fused-ring (bicyclic) bond motifs is 1. The minimum Gasteiger partial charge on any atom is -0.496 e. The van der Waals surface area contributed by atoms with Crippen molar-refractivity contribution in [1.82, 2.24) is 0 Å². The third kappa shape index (κ3) is 3.54. The largest absolute Gasteiger partial charge is 0.496 e. The van der Waals surface area contributed by atoms with Gasteiger partial charge in [-0.15, -0.1) is 0 Å². The Morgan fingerprint density at radius 2 is 1.96 bits per heavy atom. The van der Waals surface area contributed by atoms with Crippen molar-refractivity contribution < 1.29 is 14.3 Å². The third-order valence-electron chi connectivity index (χ3n) is 5.00. The van der Waals surface area contributed by atoms with Crippen LogP contribution in [0.4, 0.5) is 0 Å². The molecule has 2 atom stereocenters. The Balaban J connectivity index is 2.55. The van der Waals surface area contributed by atoms with E-state index in [4.69, 9.17) is 9.47 Å². The Bertz CT molecular complexity index is 569. The van der Waals surface area contributed by atoms with Gasteiger partial charge in [-0.05, 0) is 60.3 Å². The van der Waals surface area contributed by atoms with E-state index in [-0.39, 0.29) is 11.4 Å². The van der Waals surface area contributed by atoms with E-state index in [9.17, 15) is 4.79 Å². The lowest BCUT2D eigenvalue weighted by Gasteiger charge is -2.42. The SMILES string of the molecule is CCOC(=O)c1cc2c(cc1OC)C(C(C)(C)C)C(CC)CC2. The van der Waals surface area contributed by atoms with E-state index >= 15 is 0 Å². The van der Waals surface area contributed by atoms with Gasteiger partial charge in [-0.25, -0.2) is 4.79 Å². The molecule has 0 amide bonds. The highest BCUT2D eigenvalue weighted by atomic mass is 16.5. The number of benzene rings is 1. The second-order valence-corrected chi connectivity index (χ2v) is 7.52. The minimum atomic E-state index is -0.294. The monoisotopic (exact) mass is 318 g/mol. The molecule has 1 aliphatic rings. The summed E-state index contributed by atoms with van der Waals surface area (Å²) < 4.78 is 10.7. The van der Waals surface area contributed by atoms with Crippen molar-refractivity contribution in [2.45, 2.75) is 59.8 Å². The molecule has 0 bridgehead atoms. The zero-order chi connectivity index (χ0) is 17.2. The van der Waals surface area contributed by atoms with Crippen LogP contribution in [0.25, 0.3) is 0 Å². The molecule has 128 valence electrons. The molecule has 0 saturated carbocycles. The lowest BCUT2D eigenvalue weighted by molar-refractivity contribution is 0.0522. The van der Waals surface area contributed by atoms with E-state index in [1.165, 1.54) is 24.0 Å². The Morgan fingerprint density at radius 1 is 1.26 bits per heavy atom. The Morgan fingerprint density at radius 3 is 2.48 bits per heavy atom. The van der Waals surface area contributed by atoms with E-state index in [1.807, 2.05) is 13.0 Å². The summed E-state index contributed by atoms with van der Waals surface area (Å²) in [4.78, 5) is 12.2. The van der Waals surface area contributed by atoms with Gasteiger partial charge in [0, 0.05) is 0 Å². The summed E-state index contributed by atoms with van der Waals surface area (Å²) in [6.07, 6.45) is 3.39. The zero-order valence-electron chi connectivity index (χ0n) is 15.4. The van der Waals surface area contributed by atoms with E-state index < -0.39 is 0 Å². The van der Waals surface area contributed by atoms with E-state index in [0.29, 0.717) is 29.8 Å². The molecule has 3 nitrogen and oxygen atoms in total. The Hall–Kier alpha value is -1.51. The van der Waals surface area contributed by atoms with Gasteiger partial charge in [-0.1, -0.05) is 34.1 Å². The normalized spacial score (nSPS) is 20.8. The molecule has 1 aliphatic carbocycles. The average molecular weight is 318 g/mol. The number of aryl methyl sites for hydroxylation is 1. The summed E-state index contributed by atoms with van der Waals surface area (Å²) in [6.45, 7) is 11.4. The topological polar surface area (TPSA) is 35.5 Å². The predicted octanol–water partition coefficient (Wildman–Crippen LogP) is 4.97. The van der Waals surface area contributed by atoms with Crippen LogP contribution in [0.2, 0.25) is 0 Å². The van der Waals surface area contributed by atoms with Gasteiger partial charge in [-0.3, -0.25) is 0 Å². The second-order valence-electron chi connectivity index (χ2n) is 7.52. The quantitative estimate of drug-likeness (QED) is 0.735. The molecule has 23 heavy (non-hydrogen) atoms. The lowest BCUT2D eigenvalue weighted by atomic mass is 9.63. The van der Waals surface area contributed by atoms with E-state index in [1.54, 1.807) is 7.11 Å². The fourth-order valence-corrected chi connectivity index (χ4v) is 4.06. The number of hydrogen-bond donors (Lipinski definition) is 0. The van der Waals surface area contributed by atoms with Crippen molar-refractivity contribution in [3.8, 4) is 5.75 Å². The summed E-state index contributed by atoms with van der Waals surface area (Å²) in [7, 11) is 1.62. The fraction of sp³-hybridized carbons (Fsp3) is 0.650. The van der Waals surface area contributed by atoms with Crippen molar-refractivity contribution in [3.05, 3.63) is 28.8 Å². The summed E-state index contributed by atoms with van der Waals surface area (Å²) in [5.41, 5.74) is 3.36. The number of carbonyl (C=O) groups excluding carboxylic acids is 1. The number of esters is 1. The van der Waals surface area contributed by atoms with Crippen LogP contribution in [-0.4, -0.2) is 19.7 Å². The van der Waals surface area contributed by atoms with Crippen molar-refractivity contribution >= 4 is 5.97 Å². The van der Waals surface area contributed by atoms with Crippen LogP contribution in [0.1, 0.15) is 74.9 Å². The summed E-state index contributed by atoms with van der Waals surface area (Å²) in [5, 5.41) is 0. The lowest BCUT2D eigenvalue weighted by Crippen LogP contribution is -2.31. The predicted molar refractivity (Wildman–Crippen MR) is 93.2 cm³/mol. The minimum absolute atomic E-state index is 0.187. The van der Waals surface area contributed by atoms with E-state index in [0.717, 1.165) is 6.42 Å². The molecule has 0 aliphatic heterocycles. The highest BCUT2D eigenvalue weighted by Crippen LogP contribution is 2.49. The summed E-state index contributed by atoms with van der Waals surface area (Å²) in [6, 6.07) is 4.08. The molecule has 0 spiro atoms. The average Bonchev–Trinajstić information content (AvgIpc) is 2.51. The van der Waals surface area contributed by atoms with Gasteiger partial charge in [0.15, 0.2) is 0 Å². The van der Waals surface area contributed by atoms with Crippen molar-refractivity contribution in [3.63, 3.8) is 0 Å². The summed E-state index contributed by atoms with van der Waals surface area (Å²) >= 11 is 0. The van der Waals surface area contributed by atoms with Crippen LogP contribution in [0.3, 0.4) is 0 Å². The van der Waals surface area contributed by atoms with Gasteiger partial charge in [0.25, 0.3) is 0 Å². The summed E-state index contributed by atoms with van der Waals surface area (Å²) in [5.74, 6) is 1.51. The molecule has 0 fully saturated rings. The molecule has 2 unspecified atom stereocenters. The van der Waals surface area contributed by atoms with Crippen LogP contribution in [0, 0.1) is 11.3 Å². The van der Waals surface area contributed by atoms with E-state index in [2.05, 4.69) is 33.8 Å². The first-order valence-corrected chi connectivity index (χ1v) is 8.71. The van der Waals surface area contributed by atoms with Crippen LogP contribution in [0.15, 0.2) is 12.1 Å². The van der Waals surface area contributed by atoms with Crippen molar-refractivity contribution in [1.29, 1.82) is 0 Å². The number of methoxy groups -OCH3 is 1. The molecule has 0 radical (unpaired) electrons. The standard InChI is InChI=1S/C20H30O3/c1-7-13-9-10-14-11-16(19(21)23-8-2)17(22-6)12-15(14)18(13)20(3,4)5/h11-13,18H,7-10H2,1-6H3. The molecular weight excluding hydrogens is 288 g/mol. The molecule has 0 N–H and O–H groups in total. The molecule has 2 rings (SSSR count). The maximum Gasteiger partial charge on any atom is 0.341 e.